The van der Waals surface area contributed by atoms with Crippen LogP contribution in [0, 0.1) is 11.3 Å². The Hall–Kier alpha value is -3.44. The SMILES string of the molecule is N#CC1=C(N)Oc2n[nH]c(-c3ccc4c(c3)OCO4)c2C1c1ccc(Br)cc1. The largest absolute Gasteiger partial charge is 0.454 e. The van der Waals surface area contributed by atoms with E-state index in [0.717, 1.165) is 26.9 Å². The second kappa shape index (κ2) is 6.32. The first-order valence-electron chi connectivity index (χ1n) is 8.47. The summed E-state index contributed by atoms with van der Waals surface area (Å²) in [7, 11) is 0. The summed E-state index contributed by atoms with van der Waals surface area (Å²) in [5, 5.41) is 17.1. The van der Waals surface area contributed by atoms with Crippen molar-refractivity contribution in [3.8, 4) is 34.7 Å². The summed E-state index contributed by atoms with van der Waals surface area (Å²) in [4.78, 5) is 0. The smallest absolute Gasteiger partial charge is 0.244 e. The Morgan fingerprint density at radius 3 is 2.71 bits per heavy atom. The topological polar surface area (TPSA) is 106 Å². The van der Waals surface area contributed by atoms with Crippen molar-refractivity contribution in [1.82, 2.24) is 10.2 Å². The molecule has 5 rings (SSSR count). The van der Waals surface area contributed by atoms with Crippen LogP contribution in [0.5, 0.6) is 17.4 Å². The van der Waals surface area contributed by atoms with Gasteiger partial charge in [0.2, 0.25) is 18.6 Å². The van der Waals surface area contributed by atoms with Gasteiger partial charge in [-0.2, -0.15) is 5.26 Å². The maximum Gasteiger partial charge on any atom is 0.244 e. The summed E-state index contributed by atoms with van der Waals surface area (Å²) in [5.41, 5.74) is 9.62. The second-order valence-corrected chi connectivity index (χ2v) is 7.28. The number of allylic oxidation sites excluding steroid dienone is 1. The van der Waals surface area contributed by atoms with Gasteiger partial charge in [-0.05, 0) is 35.9 Å². The molecular formula is C20H13BrN4O3. The molecule has 0 saturated heterocycles. The van der Waals surface area contributed by atoms with E-state index in [1.54, 1.807) is 0 Å². The van der Waals surface area contributed by atoms with E-state index in [4.69, 9.17) is 19.9 Å². The van der Waals surface area contributed by atoms with Crippen LogP contribution in [0.25, 0.3) is 11.3 Å². The lowest BCUT2D eigenvalue weighted by Crippen LogP contribution is -2.20. The normalized spacial score (nSPS) is 17.1. The predicted octanol–water partition coefficient (Wildman–Crippen LogP) is 3.79. The van der Waals surface area contributed by atoms with Gasteiger partial charge < -0.3 is 19.9 Å². The summed E-state index contributed by atoms with van der Waals surface area (Å²) in [6.45, 7) is 0.197. The average molecular weight is 437 g/mol. The lowest BCUT2D eigenvalue weighted by atomic mass is 9.83. The van der Waals surface area contributed by atoms with E-state index in [2.05, 4.69) is 32.2 Å². The van der Waals surface area contributed by atoms with Crippen molar-refractivity contribution in [3.05, 3.63) is 69.5 Å². The molecule has 1 aromatic heterocycles. The van der Waals surface area contributed by atoms with Crippen molar-refractivity contribution in [3.63, 3.8) is 0 Å². The number of hydrogen-bond donors (Lipinski definition) is 2. The molecule has 0 spiro atoms. The van der Waals surface area contributed by atoms with Gasteiger partial charge in [-0.25, -0.2) is 0 Å². The highest BCUT2D eigenvalue weighted by molar-refractivity contribution is 9.10. The Balaban J connectivity index is 1.70. The minimum atomic E-state index is -0.402. The standard InChI is InChI=1S/C20H13BrN4O3/c21-12-4-1-10(2-5-12)16-13(8-22)19(23)28-20-17(16)18(24-25-20)11-3-6-14-15(7-11)27-9-26-14/h1-7,16H,9,23H2,(H,24,25). The fraction of sp³-hybridized carbons (Fsp3) is 0.100. The van der Waals surface area contributed by atoms with Crippen LogP contribution in [0.15, 0.2) is 58.4 Å². The van der Waals surface area contributed by atoms with Crippen LogP contribution in [0.1, 0.15) is 17.0 Å². The van der Waals surface area contributed by atoms with Gasteiger partial charge in [-0.15, -0.1) is 5.10 Å². The number of aromatic amines is 1. The summed E-state index contributed by atoms with van der Waals surface area (Å²) in [5.74, 6) is 1.37. The van der Waals surface area contributed by atoms with E-state index in [1.165, 1.54) is 0 Å². The molecule has 1 unspecified atom stereocenters. The van der Waals surface area contributed by atoms with Crippen molar-refractivity contribution in [2.45, 2.75) is 5.92 Å². The molecule has 28 heavy (non-hydrogen) atoms. The third kappa shape index (κ3) is 2.52. The number of aromatic nitrogens is 2. The molecule has 0 radical (unpaired) electrons. The summed E-state index contributed by atoms with van der Waals surface area (Å²) < 4.78 is 17.5. The molecule has 0 saturated carbocycles. The Morgan fingerprint density at radius 2 is 1.93 bits per heavy atom. The molecule has 2 aliphatic heterocycles. The number of ether oxygens (including phenoxy) is 3. The van der Waals surface area contributed by atoms with E-state index in [0.29, 0.717) is 23.0 Å². The molecular weight excluding hydrogens is 424 g/mol. The lowest BCUT2D eigenvalue weighted by molar-refractivity contribution is 0.174. The monoisotopic (exact) mass is 436 g/mol. The number of halogens is 1. The fourth-order valence-corrected chi connectivity index (χ4v) is 3.77. The molecule has 1 atom stereocenters. The van der Waals surface area contributed by atoms with Crippen LogP contribution in [0.2, 0.25) is 0 Å². The first-order chi connectivity index (χ1) is 13.7. The van der Waals surface area contributed by atoms with E-state index in [-0.39, 0.29) is 12.7 Å². The zero-order chi connectivity index (χ0) is 19.3. The molecule has 3 aromatic rings. The third-order valence-electron chi connectivity index (χ3n) is 4.80. The average Bonchev–Trinajstić information content (AvgIpc) is 3.33. The molecule has 3 N–H and O–H groups in total. The maximum atomic E-state index is 9.75. The zero-order valence-corrected chi connectivity index (χ0v) is 16.0. The van der Waals surface area contributed by atoms with Crippen molar-refractivity contribution in [2.24, 2.45) is 5.73 Å². The first kappa shape index (κ1) is 16.7. The van der Waals surface area contributed by atoms with Crippen LogP contribution < -0.4 is 19.9 Å². The van der Waals surface area contributed by atoms with Gasteiger partial charge in [0, 0.05) is 10.0 Å². The van der Waals surface area contributed by atoms with Crippen molar-refractivity contribution < 1.29 is 14.2 Å². The van der Waals surface area contributed by atoms with Crippen molar-refractivity contribution in [1.29, 1.82) is 5.26 Å². The minimum absolute atomic E-state index is 0.0617. The Labute approximate surface area is 168 Å². The summed E-state index contributed by atoms with van der Waals surface area (Å²) in [6.07, 6.45) is 0. The highest BCUT2D eigenvalue weighted by Gasteiger charge is 2.35. The van der Waals surface area contributed by atoms with E-state index in [9.17, 15) is 5.26 Å². The number of nitrogens with one attached hydrogen (secondary N) is 1. The van der Waals surface area contributed by atoms with Gasteiger partial charge in [-0.1, -0.05) is 28.1 Å². The quantitative estimate of drug-likeness (QED) is 0.632. The summed E-state index contributed by atoms with van der Waals surface area (Å²) >= 11 is 3.45. The number of fused-ring (bicyclic) bond motifs is 2. The molecule has 0 fully saturated rings. The van der Waals surface area contributed by atoms with Crippen LogP contribution in [0.4, 0.5) is 0 Å². The fourth-order valence-electron chi connectivity index (χ4n) is 3.51. The molecule has 3 heterocycles. The van der Waals surface area contributed by atoms with Crippen LogP contribution in [0.3, 0.4) is 0 Å². The Morgan fingerprint density at radius 1 is 1.14 bits per heavy atom. The van der Waals surface area contributed by atoms with Crippen molar-refractivity contribution >= 4 is 15.9 Å². The Kier molecular flexibility index (Phi) is 3.77. The lowest BCUT2D eigenvalue weighted by Gasteiger charge is -2.24. The van der Waals surface area contributed by atoms with E-state index in [1.807, 2.05) is 42.5 Å². The number of nitrogens with zero attached hydrogens (tertiary/aromatic N) is 2. The molecule has 2 aromatic carbocycles. The molecule has 0 bridgehead atoms. The third-order valence-corrected chi connectivity index (χ3v) is 5.33. The molecule has 2 aliphatic rings. The molecule has 0 aliphatic carbocycles. The van der Waals surface area contributed by atoms with E-state index >= 15 is 0 Å². The highest BCUT2D eigenvalue weighted by Crippen LogP contribution is 2.47. The predicted molar refractivity (Wildman–Crippen MR) is 104 cm³/mol. The second-order valence-electron chi connectivity index (χ2n) is 6.36. The van der Waals surface area contributed by atoms with Gasteiger partial charge in [0.1, 0.15) is 11.6 Å². The van der Waals surface area contributed by atoms with Crippen molar-refractivity contribution in [2.75, 3.05) is 6.79 Å². The van der Waals surface area contributed by atoms with Crippen LogP contribution in [-0.2, 0) is 0 Å². The number of hydrogen-bond acceptors (Lipinski definition) is 6. The van der Waals surface area contributed by atoms with Gasteiger partial charge in [0.05, 0.1) is 17.2 Å². The first-order valence-corrected chi connectivity index (χ1v) is 9.26. The van der Waals surface area contributed by atoms with Gasteiger partial charge in [0.25, 0.3) is 0 Å². The minimum Gasteiger partial charge on any atom is -0.454 e. The number of benzene rings is 2. The number of nitrogens with two attached hydrogens (primary N) is 1. The van der Waals surface area contributed by atoms with Crippen LogP contribution in [-0.4, -0.2) is 17.0 Å². The molecule has 8 heteroatoms. The maximum absolute atomic E-state index is 9.75. The van der Waals surface area contributed by atoms with E-state index < -0.39 is 5.92 Å². The molecule has 138 valence electrons. The number of H-pyrrole nitrogens is 1. The number of nitriles is 1. The number of rotatable bonds is 2. The van der Waals surface area contributed by atoms with Gasteiger partial charge in [0.15, 0.2) is 11.5 Å². The Bertz CT molecular complexity index is 1160. The zero-order valence-electron chi connectivity index (χ0n) is 14.4. The summed E-state index contributed by atoms with van der Waals surface area (Å²) in [6, 6.07) is 15.6. The highest BCUT2D eigenvalue weighted by atomic mass is 79.9. The molecule has 0 amide bonds. The molecule has 7 nitrogen and oxygen atoms in total. The van der Waals surface area contributed by atoms with Gasteiger partial charge >= 0.3 is 0 Å². The van der Waals surface area contributed by atoms with Gasteiger partial charge in [-0.3, -0.25) is 5.10 Å². The van der Waals surface area contributed by atoms with Crippen LogP contribution >= 0.6 is 15.9 Å².